The van der Waals surface area contributed by atoms with Gasteiger partial charge in [-0.2, -0.15) is 0 Å². The third kappa shape index (κ3) is 2.71. The number of amides is 1. The molecule has 6 nitrogen and oxygen atoms in total. The molecule has 0 atom stereocenters. The van der Waals surface area contributed by atoms with Gasteiger partial charge in [0, 0.05) is 18.0 Å². The maximum Gasteiger partial charge on any atom is 0.255 e. The maximum absolute atomic E-state index is 12.7. The number of imidazole rings is 1. The first-order chi connectivity index (χ1) is 12.0. The van der Waals surface area contributed by atoms with E-state index in [-0.39, 0.29) is 5.91 Å². The Morgan fingerprint density at radius 2 is 1.76 bits per heavy atom. The van der Waals surface area contributed by atoms with Gasteiger partial charge in [-0.25, -0.2) is 15.0 Å². The molecule has 1 amide bonds. The van der Waals surface area contributed by atoms with Gasteiger partial charge in [0.25, 0.3) is 5.91 Å². The molecule has 3 aromatic heterocycles. The maximum atomic E-state index is 12.7. The van der Waals surface area contributed by atoms with Crippen LogP contribution in [-0.2, 0) is 0 Å². The van der Waals surface area contributed by atoms with Crippen LogP contribution in [0.3, 0.4) is 0 Å². The molecule has 0 bridgehead atoms. The molecule has 0 aliphatic rings. The highest BCUT2D eigenvalue weighted by atomic mass is 16.1. The van der Waals surface area contributed by atoms with Crippen LogP contribution in [0.4, 0.5) is 5.69 Å². The third-order valence-electron chi connectivity index (χ3n) is 4.19. The second-order valence-electron chi connectivity index (χ2n) is 6.09. The number of fused-ring (bicyclic) bond motifs is 2. The average Bonchev–Trinajstić information content (AvgIpc) is 2.97. The minimum Gasteiger partial charge on any atom is -0.319 e. The number of hydrogen-bond acceptors (Lipinski definition) is 4. The molecule has 4 aromatic rings. The molecule has 3 heterocycles. The number of carbonyl (C=O) groups excluding carboxylic acids is 1. The van der Waals surface area contributed by atoms with Gasteiger partial charge in [0.2, 0.25) is 0 Å². The molecular weight excluding hydrogens is 314 g/mol. The van der Waals surface area contributed by atoms with E-state index in [1.807, 2.05) is 55.8 Å². The molecule has 0 aliphatic carbocycles. The highest BCUT2D eigenvalue weighted by Gasteiger charge is 2.12. The first-order valence-corrected chi connectivity index (χ1v) is 8.02. The molecule has 4 rings (SSSR count). The Bertz CT molecular complexity index is 1130. The molecule has 0 aliphatic heterocycles. The number of anilines is 1. The van der Waals surface area contributed by atoms with Gasteiger partial charge in [0.05, 0.1) is 33.8 Å². The Hall–Kier alpha value is -3.28. The summed E-state index contributed by atoms with van der Waals surface area (Å²) in [6.45, 7) is 5.76. The summed E-state index contributed by atoms with van der Waals surface area (Å²) in [5.41, 5.74) is 6.08. The molecule has 0 radical (unpaired) electrons. The van der Waals surface area contributed by atoms with Crippen molar-refractivity contribution in [2.75, 3.05) is 5.32 Å². The van der Waals surface area contributed by atoms with Crippen molar-refractivity contribution in [2.24, 2.45) is 0 Å². The fraction of sp³-hybridized carbons (Fsp3) is 0.158. The van der Waals surface area contributed by atoms with Crippen LogP contribution in [-0.4, -0.2) is 25.3 Å². The van der Waals surface area contributed by atoms with Gasteiger partial charge in [-0.1, -0.05) is 0 Å². The van der Waals surface area contributed by atoms with E-state index >= 15 is 0 Å². The van der Waals surface area contributed by atoms with Crippen LogP contribution < -0.4 is 5.32 Å². The van der Waals surface area contributed by atoms with Gasteiger partial charge in [-0.15, -0.1) is 0 Å². The standard InChI is InChI=1S/C19H17N5O/c1-11-10-24-8-4-5-16(18(24)20-11)23-19(25)14-6-7-15-17(9-14)22-13(3)12(2)21-15/h4-10H,1-3H3,(H,23,25). The zero-order valence-corrected chi connectivity index (χ0v) is 14.2. The van der Waals surface area contributed by atoms with E-state index in [4.69, 9.17) is 0 Å². The molecule has 0 spiro atoms. The highest BCUT2D eigenvalue weighted by molar-refractivity contribution is 6.07. The summed E-state index contributed by atoms with van der Waals surface area (Å²) in [6, 6.07) is 9.07. The quantitative estimate of drug-likeness (QED) is 0.610. The Morgan fingerprint density at radius 1 is 1.00 bits per heavy atom. The first kappa shape index (κ1) is 15.3. The SMILES string of the molecule is Cc1cn2cccc(NC(=O)c3ccc4nc(C)c(C)nc4c3)c2n1. The zero-order valence-electron chi connectivity index (χ0n) is 14.2. The van der Waals surface area contributed by atoms with Gasteiger partial charge in [0.1, 0.15) is 0 Å². The summed E-state index contributed by atoms with van der Waals surface area (Å²) >= 11 is 0. The fourth-order valence-corrected chi connectivity index (χ4v) is 2.80. The van der Waals surface area contributed by atoms with Crippen LogP contribution in [0.1, 0.15) is 27.4 Å². The Labute approximate surface area is 144 Å². The van der Waals surface area contributed by atoms with E-state index in [1.54, 1.807) is 12.1 Å². The molecule has 1 N–H and O–H groups in total. The number of nitrogens with one attached hydrogen (secondary N) is 1. The monoisotopic (exact) mass is 331 g/mol. The van der Waals surface area contributed by atoms with Crippen molar-refractivity contribution in [3.05, 3.63) is 65.4 Å². The van der Waals surface area contributed by atoms with E-state index in [0.717, 1.165) is 28.2 Å². The second kappa shape index (κ2) is 5.66. The molecule has 124 valence electrons. The van der Waals surface area contributed by atoms with E-state index in [0.29, 0.717) is 16.8 Å². The summed E-state index contributed by atoms with van der Waals surface area (Å²) in [5, 5.41) is 2.93. The van der Waals surface area contributed by atoms with Crippen LogP contribution in [0.2, 0.25) is 0 Å². The number of nitrogens with zero attached hydrogens (tertiary/aromatic N) is 4. The Balaban J connectivity index is 1.70. The summed E-state index contributed by atoms with van der Waals surface area (Å²) in [4.78, 5) is 26.1. The van der Waals surface area contributed by atoms with Crippen LogP contribution in [0.5, 0.6) is 0 Å². The molecule has 0 saturated heterocycles. The third-order valence-corrected chi connectivity index (χ3v) is 4.19. The van der Waals surface area contributed by atoms with Crippen LogP contribution in [0, 0.1) is 20.8 Å². The summed E-state index contributed by atoms with van der Waals surface area (Å²) in [7, 11) is 0. The van der Waals surface area contributed by atoms with Gasteiger partial charge >= 0.3 is 0 Å². The summed E-state index contributed by atoms with van der Waals surface area (Å²) in [5.74, 6) is -0.198. The molecule has 0 fully saturated rings. The lowest BCUT2D eigenvalue weighted by Crippen LogP contribution is -2.13. The van der Waals surface area contributed by atoms with Crippen molar-refractivity contribution in [2.45, 2.75) is 20.8 Å². The molecule has 6 heteroatoms. The molecular formula is C19H17N5O. The highest BCUT2D eigenvalue weighted by Crippen LogP contribution is 2.19. The van der Waals surface area contributed by atoms with Crippen LogP contribution >= 0.6 is 0 Å². The number of rotatable bonds is 2. The zero-order chi connectivity index (χ0) is 17.6. The van der Waals surface area contributed by atoms with Crippen molar-refractivity contribution in [1.29, 1.82) is 0 Å². The lowest BCUT2D eigenvalue weighted by atomic mass is 10.1. The number of benzene rings is 1. The predicted molar refractivity (Wildman–Crippen MR) is 96.9 cm³/mol. The Morgan fingerprint density at radius 3 is 2.56 bits per heavy atom. The van der Waals surface area contributed by atoms with Crippen molar-refractivity contribution in [3.63, 3.8) is 0 Å². The molecule has 1 aromatic carbocycles. The summed E-state index contributed by atoms with van der Waals surface area (Å²) in [6.07, 6.45) is 3.82. The minimum absolute atomic E-state index is 0.198. The number of aromatic nitrogens is 4. The van der Waals surface area contributed by atoms with E-state index in [9.17, 15) is 4.79 Å². The van der Waals surface area contributed by atoms with Gasteiger partial charge in [-0.3, -0.25) is 4.79 Å². The minimum atomic E-state index is -0.198. The molecule has 0 unspecified atom stereocenters. The van der Waals surface area contributed by atoms with E-state index < -0.39 is 0 Å². The number of hydrogen-bond donors (Lipinski definition) is 1. The molecule has 0 saturated carbocycles. The fourth-order valence-electron chi connectivity index (χ4n) is 2.80. The van der Waals surface area contributed by atoms with Gasteiger partial charge in [-0.05, 0) is 51.1 Å². The lowest BCUT2D eigenvalue weighted by Gasteiger charge is -2.08. The molecule has 25 heavy (non-hydrogen) atoms. The topological polar surface area (TPSA) is 72.2 Å². The average molecular weight is 331 g/mol. The van der Waals surface area contributed by atoms with Gasteiger partial charge < -0.3 is 9.72 Å². The second-order valence-corrected chi connectivity index (χ2v) is 6.09. The van der Waals surface area contributed by atoms with Crippen molar-refractivity contribution in [3.8, 4) is 0 Å². The predicted octanol–water partition coefficient (Wildman–Crippen LogP) is 3.46. The number of carbonyl (C=O) groups is 1. The number of pyridine rings is 1. The number of aryl methyl sites for hydroxylation is 3. The Kier molecular flexibility index (Phi) is 3.46. The smallest absolute Gasteiger partial charge is 0.255 e. The van der Waals surface area contributed by atoms with Crippen molar-refractivity contribution >= 4 is 28.3 Å². The van der Waals surface area contributed by atoms with E-state index in [1.165, 1.54) is 0 Å². The van der Waals surface area contributed by atoms with Crippen molar-refractivity contribution in [1.82, 2.24) is 19.4 Å². The van der Waals surface area contributed by atoms with Crippen molar-refractivity contribution < 1.29 is 4.79 Å². The first-order valence-electron chi connectivity index (χ1n) is 8.02. The lowest BCUT2D eigenvalue weighted by molar-refractivity contribution is 0.102. The van der Waals surface area contributed by atoms with Gasteiger partial charge in [0.15, 0.2) is 5.65 Å². The van der Waals surface area contributed by atoms with Crippen LogP contribution in [0.15, 0.2) is 42.7 Å². The summed E-state index contributed by atoms with van der Waals surface area (Å²) < 4.78 is 1.89. The largest absolute Gasteiger partial charge is 0.319 e. The van der Waals surface area contributed by atoms with E-state index in [2.05, 4.69) is 20.3 Å². The normalized spacial score (nSPS) is 11.2. The van der Waals surface area contributed by atoms with Crippen LogP contribution in [0.25, 0.3) is 16.7 Å².